The number of benzene rings is 2. The van der Waals surface area contributed by atoms with Gasteiger partial charge in [0, 0.05) is 13.1 Å². The number of hydrogen-bond acceptors (Lipinski definition) is 3. The smallest absolute Gasteiger partial charge is 0.261 e. The summed E-state index contributed by atoms with van der Waals surface area (Å²) in [6, 6.07) is 16.7. The fraction of sp³-hybridized carbons (Fsp3) is 0.391. The Kier molecular flexibility index (Phi) is 8.53. The number of unbranched alkanes of at least 4 members (excludes halogenated alkanes) is 1. The molecular weight excluding hydrogens is 352 g/mol. The van der Waals surface area contributed by atoms with E-state index in [0.29, 0.717) is 18.8 Å². The van der Waals surface area contributed by atoms with Crippen LogP contribution in [0.2, 0.25) is 0 Å². The number of carbonyl (C=O) groups is 2. The molecule has 0 aliphatic carbocycles. The predicted molar refractivity (Wildman–Crippen MR) is 111 cm³/mol. The molecule has 0 bridgehead atoms. The minimum Gasteiger partial charge on any atom is -0.484 e. The summed E-state index contributed by atoms with van der Waals surface area (Å²) in [4.78, 5) is 27.0. The zero-order valence-electron chi connectivity index (χ0n) is 17.0. The second-order valence-corrected chi connectivity index (χ2v) is 6.88. The maximum absolute atomic E-state index is 12.9. The highest BCUT2D eigenvalue weighted by atomic mass is 16.5. The SMILES string of the molecule is CCCCNC(=O)[C@H](C)N(Cc1ccccc1)C(=O)COc1ccccc1C. The van der Waals surface area contributed by atoms with Gasteiger partial charge in [-0.1, -0.05) is 61.9 Å². The normalized spacial score (nSPS) is 11.5. The van der Waals surface area contributed by atoms with E-state index in [1.807, 2.05) is 61.5 Å². The molecule has 0 aliphatic heterocycles. The van der Waals surface area contributed by atoms with Crippen LogP contribution in [-0.4, -0.2) is 35.9 Å². The van der Waals surface area contributed by atoms with E-state index in [0.717, 1.165) is 24.0 Å². The Morgan fingerprint density at radius 2 is 1.75 bits per heavy atom. The van der Waals surface area contributed by atoms with Crippen LogP contribution in [0.15, 0.2) is 54.6 Å². The van der Waals surface area contributed by atoms with Gasteiger partial charge in [-0.2, -0.15) is 0 Å². The van der Waals surface area contributed by atoms with Gasteiger partial charge in [0.25, 0.3) is 5.91 Å². The van der Waals surface area contributed by atoms with Crippen LogP contribution in [0, 0.1) is 6.92 Å². The van der Waals surface area contributed by atoms with Crippen molar-refractivity contribution in [3.8, 4) is 5.75 Å². The van der Waals surface area contributed by atoms with Gasteiger partial charge < -0.3 is 15.0 Å². The van der Waals surface area contributed by atoms with Gasteiger partial charge in [0.05, 0.1) is 0 Å². The quantitative estimate of drug-likeness (QED) is 0.637. The van der Waals surface area contributed by atoms with E-state index in [-0.39, 0.29) is 18.4 Å². The fourth-order valence-electron chi connectivity index (χ4n) is 2.84. The lowest BCUT2D eigenvalue weighted by Crippen LogP contribution is -2.49. The Morgan fingerprint density at radius 1 is 1.07 bits per heavy atom. The van der Waals surface area contributed by atoms with Crippen molar-refractivity contribution in [2.24, 2.45) is 0 Å². The summed E-state index contributed by atoms with van der Waals surface area (Å²) < 4.78 is 5.72. The Labute approximate surface area is 167 Å². The number of ether oxygens (including phenoxy) is 1. The molecule has 0 unspecified atom stereocenters. The second kappa shape index (κ2) is 11.1. The average molecular weight is 383 g/mol. The molecule has 28 heavy (non-hydrogen) atoms. The summed E-state index contributed by atoms with van der Waals surface area (Å²) >= 11 is 0. The summed E-state index contributed by atoms with van der Waals surface area (Å²) in [7, 11) is 0. The van der Waals surface area contributed by atoms with Crippen LogP contribution in [0.4, 0.5) is 0 Å². The lowest BCUT2D eigenvalue weighted by atomic mass is 10.1. The van der Waals surface area contributed by atoms with Crippen LogP contribution in [0.5, 0.6) is 5.75 Å². The zero-order valence-corrected chi connectivity index (χ0v) is 17.0. The first kappa shape index (κ1) is 21.5. The standard InChI is InChI=1S/C23H30N2O3/c1-4-5-15-24-23(27)19(3)25(16-20-12-7-6-8-13-20)22(26)17-28-21-14-10-9-11-18(21)2/h6-14,19H,4-5,15-17H2,1-3H3,(H,24,27)/t19-/m0/s1. The van der Waals surface area contributed by atoms with Crippen molar-refractivity contribution in [1.29, 1.82) is 0 Å². The van der Waals surface area contributed by atoms with Crippen molar-refractivity contribution in [3.63, 3.8) is 0 Å². The molecule has 0 aromatic heterocycles. The van der Waals surface area contributed by atoms with Gasteiger partial charge in [-0.15, -0.1) is 0 Å². The van der Waals surface area contributed by atoms with Gasteiger partial charge in [-0.3, -0.25) is 9.59 Å². The van der Waals surface area contributed by atoms with E-state index in [4.69, 9.17) is 4.74 Å². The van der Waals surface area contributed by atoms with Crippen LogP contribution in [0.25, 0.3) is 0 Å². The maximum Gasteiger partial charge on any atom is 0.261 e. The molecule has 5 heteroatoms. The Balaban J connectivity index is 2.08. The van der Waals surface area contributed by atoms with Crippen molar-refractivity contribution < 1.29 is 14.3 Å². The molecule has 1 atom stereocenters. The average Bonchev–Trinajstić information content (AvgIpc) is 2.71. The molecule has 2 aromatic carbocycles. The van der Waals surface area contributed by atoms with Crippen molar-refractivity contribution in [2.45, 2.75) is 46.2 Å². The van der Waals surface area contributed by atoms with Crippen molar-refractivity contribution in [2.75, 3.05) is 13.2 Å². The molecule has 1 N–H and O–H groups in total. The van der Waals surface area contributed by atoms with E-state index >= 15 is 0 Å². The molecule has 0 fully saturated rings. The van der Waals surface area contributed by atoms with E-state index < -0.39 is 6.04 Å². The number of nitrogens with one attached hydrogen (secondary N) is 1. The van der Waals surface area contributed by atoms with Crippen LogP contribution < -0.4 is 10.1 Å². The molecule has 2 amide bonds. The second-order valence-electron chi connectivity index (χ2n) is 6.88. The molecule has 0 heterocycles. The van der Waals surface area contributed by atoms with Gasteiger partial charge in [-0.05, 0) is 37.5 Å². The van der Waals surface area contributed by atoms with Crippen molar-refractivity contribution >= 4 is 11.8 Å². The summed E-state index contributed by atoms with van der Waals surface area (Å²) in [5.41, 5.74) is 1.94. The maximum atomic E-state index is 12.9. The lowest BCUT2D eigenvalue weighted by molar-refractivity contribution is -0.142. The van der Waals surface area contributed by atoms with E-state index in [9.17, 15) is 9.59 Å². The third kappa shape index (κ3) is 6.41. The Morgan fingerprint density at radius 3 is 2.43 bits per heavy atom. The van der Waals surface area contributed by atoms with E-state index in [2.05, 4.69) is 12.2 Å². The Hall–Kier alpha value is -2.82. The van der Waals surface area contributed by atoms with Crippen molar-refractivity contribution in [3.05, 3.63) is 65.7 Å². The molecule has 150 valence electrons. The van der Waals surface area contributed by atoms with Crippen molar-refractivity contribution in [1.82, 2.24) is 10.2 Å². The summed E-state index contributed by atoms with van der Waals surface area (Å²) in [6.07, 6.45) is 1.92. The molecule has 5 nitrogen and oxygen atoms in total. The highest BCUT2D eigenvalue weighted by Gasteiger charge is 2.26. The van der Waals surface area contributed by atoms with Gasteiger partial charge >= 0.3 is 0 Å². The number of para-hydroxylation sites is 1. The first-order valence-electron chi connectivity index (χ1n) is 9.82. The van der Waals surface area contributed by atoms with Gasteiger partial charge in [0.2, 0.25) is 5.91 Å². The molecular formula is C23H30N2O3. The first-order valence-corrected chi connectivity index (χ1v) is 9.82. The van der Waals surface area contributed by atoms with Gasteiger partial charge in [0.1, 0.15) is 11.8 Å². The van der Waals surface area contributed by atoms with Crippen LogP contribution in [-0.2, 0) is 16.1 Å². The molecule has 0 radical (unpaired) electrons. The monoisotopic (exact) mass is 382 g/mol. The largest absolute Gasteiger partial charge is 0.484 e. The first-order chi connectivity index (χ1) is 13.5. The van der Waals surface area contributed by atoms with E-state index in [1.54, 1.807) is 11.8 Å². The number of carbonyl (C=O) groups excluding carboxylic acids is 2. The third-order valence-corrected chi connectivity index (χ3v) is 4.64. The molecule has 0 spiro atoms. The predicted octanol–water partition coefficient (Wildman–Crippen LogP) is 3.71. The zero-order chi connectivity index (χ0) is 20.4. The molecule has 0 saturated carbocycles. The Bertz CT molecular complexity index is 761. The van der Waals surface area contributed by atoms with E-state index in [1.165, 1.54) is 0 Å². The third-order valence-electron chi connectivity index (χ3n) is 4.64. The summed E-state index contributed by atoms with van der Waals surface area (Å²) in [5.74, 6) is 0.314. The highest BCUT2D eigenvalue weighted by molar-refractivity contribution is 5.87. The highest BCUT2D eigenvalue weighted by Crippen LogP contribution is 2.17. The van der Waals surface area contributed by atoms with Gasteiger partial charge in [0.15, 0.2) is 6.61 Å². The minimum atomic E-state index is -0.579. The summed E-state index contributed by atoms with van der Waals surface area (Å²) in [5, 5.41) is 2.91. The molecule has 0 aliphatic rings. The number of rotatable bonds is 10. The molecule has 2 rings (SSSR count). The minimum absolute atomic E-state index is 0.107. The number of hydrogen-bond donors (Lipinski definition) is 1. The van der Waals surface area contributed by atoms with Crippen LogP contribution in [0.1, 0.15) is 37.8 Å². The van der Waals surface area contributed by atoms with Gasteiger partial charge in [-0.25, -0.2) is 0 Å². The lowest BCUT2D eigenvalue weighted by Gasteiger charge is -2.29. The van der Waals surface area contributed by atoms with Crippen LogP contribution >= 0.6 is 0 Å². The van der Waals surface area contributed by atoms with Crippen LogP contribution in [0.3, 0.4) is 0 Å². The number of amides is 2. The molecule has 0 saturated heterocycles. The molecule has 2 aromatic rings. The topological polar surface area (TPSA) is 58.6 Å². The fourth-order valence-corrected chi connectivity index (χ4v) is 2.84. The number of aryl methyl sites for hydroxylation is 1. The number of nitrogens with zero attached hydrogens (tertiary/aromatic N) is 1. The summed E-state index contributed by atoms with van der Waals surface area (Å²) in [6.45, 7) is 6.64.